The molecule has 2 atom stereocenters. The number of halogens is 5. The van der Waals surface area contributed by atoms with Gasteiger partial charge in [0.1, 0.15) is 12.2 Å². The number of hydrogen-bond donors (Lipinski definition) is 2. The third-order valence-electron chi connectivity index (χ3n) is 2.28. The zero-order valence-electron chi connectivity index (χ0n) is 12.5. The maximum atomic E-state index is 11.7. The summed E-state index contributed by atoms with van der Waals surface area (Å²) < 4.78 is 66.2. The Morgan fingerprint density at radius 2 is 1.52 bits per heavy atom. The van der Waals surface area contributed by atoms with E-state index >= 15 is 0 Å². The summed E-state index contributed by atoms with van der Waals surface area (Å²) in [6.07, 6.45) is -13.3. The lowest BCUT2D eigenvalue weighted by molar-refractivity contribution is -0.155. The highest BCUT2D eigenvalue weighted by molar-refractivity contribution is 5.57. The maximum Gasteiger partial charge on any atom is 0.506 e. The number of ether oxygens (including phenoxy) is 2. The standard InChI is InChI=1S/C6H9F3O3.C6H10F2O3/c1-2-4(12-5(10)11)3-6(7,8)9;1-4(11-6(9)10)2-3-5(7)8/h4H,2-3H2,1H3,(H,10,11);4-5H,2-3H2,1H3,(H,9,10). The third-order valence-corrected chi connectivity index (χ3v) is 2.28. The van der Waals surface area contributed by atoms with Crippen LogP contribution >= 0.6 is 0 Å². The van der Waals surface area contributed by atoms with E-state index in [0.717, 1.165) is 0 Å². The smallest absolute Gasteiger partial charge is 0.450 e. The van der Waals surface area contributed by atoms with E-state index in [0.29, 0.717) is 0 Å². The van der Waals surface area contributed by atoms with Crippen molar-refractivity contribution in [2.24, 2.45) is 0 Å². The fourth-order valence-corrected chi connectivity index (χ4v) is 1.26. The SMILES string of the molecule is CC(CCC(F)F)OC(=O)O.CCC(CC(F)(F)F)OC(=O)O. The third kappa shape index (κ3) is 20.2. The van der Waals surface area contributed by atoms with Crippen molar-refractivity contribution in [2.45, 2.75) is 64.3 Å². The number of carboxylic acid groups (broad SMARTS) is 2. The van der Waals surface area contributed by atoms with Crippen molar-refractivity contribution in [3.63, 3.8) is 0 Å². The van der Waals surface area contributed by atoms with E-state index in [1.807, 2.05) is 0 Å². The normalized spacial score (nSPS) is 13.6. The summed E-state index contributed by atoms with van der Waals surface area (Å²) in [5.74, 6) is 0. The Hall–Kier alpha value is -1.81. The molecule has 0 saturated heterocycles. The Morgan fingerprint density at radius 1 is 1.04 bits per heavy atom. The molecular weight excluding hydrogens is 335 g/mol. The first-order chi connectivity index (χ1) is 10.4. The van der Waals surface area contributed by atoms with Crippen LogP contribution in [0.25, 0.3) is 0 Å². The Balaban J connectivity index is 0. The quantitative estimate of drug-likeness (QED) is 0.515. The van der Waals surface area contributed by atoms with Crippen molar-refractivity contribution in [3.8, 4) is 0 Å². The molecule has 11 heteroatoms. The molecule has 2 N–H and O–H groups in total. The zero-order chi connectivity index (χ0) is 18.6. The van der Waals surface area contributed by atoms with Gasteiger partial charge >= 0.3 is 18.5 Å². The van der Waals surface area contributed by atoms with Gasteiger partial charge in [0.2, 0.25) is 6.43 Å². The molecule has 0 saturated carbocycles. The van der Waals surface area contributed by atoms with E-state index in [1.165, 1.54) is 13.8 Å². The van der Waals surface area contributed by atoms with Crippen LogP contribution in [-0.4, -0.2) is 47.3 Å². The molecule has 0 aromatic rings. The van der Waals surface area contributed by atoms with Crippen LogP contribution in [0.4, 0.5) is 31.5 Å². The Labute approximate surface area is 129 Å². The molecule has 2 unspecified atom stereocenters. The highest BCUT2D eigenvalue weighted by Gasteiger charge is 2.32. The second-order valence-corrected chi connectivity index (χ2v) is 4.40. The van der Waals surface area contributed by atoms with Crippen molar-refractivity contribution in [3.05, 3.63) is 0 Å². The molecule has 0 amide bonds. The van der Waals surface area contributed by atoms with E-state index < -0.39 is 43.5 Å². The monoisotopic (exact) mass is 354 g/mol. The molecule has 0 aromatic heterocycles. The van der Waals surface area contributed by atoms with Gasteiger partial charge in [0.05, 0.1) is 6.42 Å². The van der Waals surface area contributed by atoms with Gasteiger partial charge in [-0.2, -0.15) is 13.2 Å². The van der Waals surface area contributed by atoms with Crippen molar-refractivity contribution < 1.29 is 51.2 Å². The highest BCUT2D eigenvalue weighted by Crippen LogP contribution is 2.24. The lowest BCUT2D eigenvalue weighted by atomic mass is 10.2. The van der Waals surface area contributed by atoms with Crippen LogP contribution in [0.15, 0.2) is 0 Å². The second-order valence-electron chi connectivity index (χ2n) is 4.40. The van der Waals surface area contributed by atoms with Gasteiger partial charge in [0.15, 0.2) is 0 Å². The van der Waals surface area contributed by atoms with Crippen molar-refractivity contribution in [2.75, 3.05) is 0 Å². The van der Waals surface area contributed by atoms with Crippen LogP contribution in [0.1, 0.15) is 39.5 Å². The molecule has 0 fully saturated rings. The maximum absolute atomic E-state index is 11.7. The van der Waals surface area contributed by atoms with Crippen molar-refractivity contribution in [1.82, 2.24) is 0 Å². The Kier molecular flexibility index (Phi) is 11.9. The number of hydrogen-bond acceptors (Lipinski definition) is 4. The summed E-state index contributed by atoms with van der Waals surface area (Å²) in [7, 11) is 0. The average molecular weight is 354 g/mol. The molecule has 0 aliphatic rings. The molecule has 0 aromatic carbocycles. The summed E-state index contributed by atoms with van der Waals surface area (Å²) >= 11 is 0. The predicted molar refractivity (Wildman–Crippen MR) is 67.7 cm³/mol. The summed E-state index contributed by atoms with van der Waals surface area (Å²) in [4.78, 5) is 19.7. The molecule has 138 valence electrons. The van der Waals surface area contributed by atoms with Gasteiger partial charge in [-0.1, -0.05) is 6.92 Å². The van der Waals surface area contributed by atoms with Crippen LogP contribution < -0.4 is 0 Å². The first-order valence-electron chi connectivity index (χ1n) is 6.51. The molecule has 6 nitrogen and oxygen atoms in total. The van der Waals surface area contributed by atoms with Gasteiger partial charge in [0.25, 0.3) is 0 Å². The number of alkyl halides is 5. The zero-order valence-corrected chi connectivity index (χ0v) is 12.5. The average Bonchev–Trinajstić information content (AvgIpc) is 2.33. The van der Waals surface area contributed by atoms with Crippen LogP contribution in [0.3, 0.4) is 0 Å². The van der Waals surface area contributed by atoms with Gasteiger partial charge in [0, 0.05) is 6.42 Å². The van der Waals surface area contributed by atoms with Crippen LogP contribution in [-0.2, 0) is 9.47 Å². The fraction of sp³-hybridized carbons (Fsp3) is 0.833. The van der Waals surface area contributed by atoms with Gasteiger partial charge in [-0.15, -0.1) is 0 Å². The van der Waals surface area contributed by atoms with E-state index in [9.17, 15) is 31.5 Å². The number of rotatable bonds is 7. The first-order valence-corrected chi connectivity index (χ1v) is 6.51. The molecule has 0 heterocycles. The van der Waals surface area contributed by atoms with Gasteiger partial charge in [-0.05, 0) is 19.8 Å². The first kappa shape index (κ1) is 23.5. The van der Waals surface area contributed by atoms with E-state index in [2.05, 4.69) is 9.47 Å². The number of carbonyl (C=O) groups is 2. The molecule has 0 rings (SSSR count). The summed E-state index contributed by atoms with van der Waals surface area (Å²) in [6.45, 7) is 2.87. The summed E-state index contributed by atoms with van der Waals surface area (Å²) in [5, 5.41) is 16.1. The largest absolute Gasteiger partial charge is 0.506 e. The van der Waals surface area contributed by atoms with E-state index in [4.69, 9.17) is 10.2 Å². The Bertz CT molecular complexity index is 347. The molecular formula is C12H19F5O6. The van der Waals surface area contributed by atoms with Gasteiger partial charge < -0.3 is 19.7 Å². The topological polar surface area (TPSA) is 93.1 Å². The van der Waals surface area contributed by atoms with Crippen LogP contribution in [0, 0.1) is 0 Å². The lowest BCUT2D eigenvalue weighted by Crippen LogP contribution is -2.23. The van der Waals surface area contributed by atoms with E-state index in [-0.39, 0.29) is 19.3 Å². The van der Waals surface area contributed by atoms with Crippen LogP contribution in [0.2, 0.25) is 0 Å². The van der Waals surface area contributed by atoms with Crippen LogP contribution in [0.5, 0.6) is 0 Å². The fourth-order valence-electron chi connectivity index (χ4n) is 1.26. The van der Waals surface area contributed by atoms with Crippen molar-refractivity contribution in [1.29, 1.82) is 0 Å². The lowest BCUT2D eigenvalue weighted by Gasteiger charge is -2.15. The molecule has 0 radical (unpaired) electrons. The molecule has 0 aliphatic carbocycles. The Morgan fingerprint density at radius 3 is 1.83 bits per heavy atom. The molecule has 23 heavy (non-hydrogen) atoms. The summed E-state index contributed by atoms with van der Waals surface area (Å²) in [5.41, 5.74) is 0. The molecule has 0 aliphatic heterocycles. The molecule has 0 bridgehead atoms. The van der Waals surface area contributed by atoms with Gasteiger partial charge in [-0.25, -0.2) is 18.4 Å². The minimum Gasteiger partial charge on any atom is -0.450 e. The second kappa shape index (κ2) is 11.7. The van der Waals surface area contributed by atoms with Gasteiger partial charge in [-0.3, -0.25) is 0 Å². The molecule has 0 spiro atoms. The highest BCUT2D eigenvalue weighted by atomic mass is 19.4. The minimum atomic E-state index is -4.38. The van der Waals surface area contributed by atoms with E-state index in [1.54, 1.807) is 0 Å². The van der Waals surface area contributed by atoms with Crippen molar-refractivity contribution >= 4 is 12.3 Å². The summed E-state index contributed by atoms with van der Waals surface area (Å²) in [6, 6.07) is 0. The minimum absolute atomic E-state index is 0.0197. The predicted octanol–water partition coefficient (Wildman–Crippen LogP) is 4.53.